The number of fused-ring (bicyclic) bond motifs is 1. The third kappa shape index (κ3) is 3.21. The summed E-state index contributed by atoms with van der Waals surface area (Å²) in [6.45, 7) is 0.512. The predicted octanol–water partition coefficient (Wildman–Crippen LogP) is 3.56. The van der Waals surface area contributed by atoms with Gasteiger partial charge in [0.05, 0.1) is 0 Å². The van der Waals surface area contributed by atoms with Crippen molar-refractivity contribution in [1.29, 1.82) is 0 Å². The van der Waals surface area contributed by atoms with Crippen LogP contribution in [-0.4, -0.2) is 26.7 Å². The first kappa shape index (κ1) is 17.0. The highest BCUT2D eigenvalue weighted by Crippen LogP contribution is 2.47. The van der Waals surface area contributed by atoms with Crippen molar-refractivity contribution in [2.75, 3.05) is 0 Å². The van der Waals surface area contributed by atoms with Crippen LogP contribution in [-0.2, 0) is 19.1 Å². The molecular weight excluding hydrogens is 321 g/mol. The first-order valence-electron chi connectivity index (χ1n) is 6.43. The van der Waals surface area contributed by atoms with Crippen molar-refractivity contribution in [1.82, 2.24) is 9.78 Å². The van der Waals surface area contributed by atoms with Gasteiger partial charge in [0.2, 0.25) is 0 Å². The van der Waals surface area contributed by atoms with Crippen LogP contribution < -0.4 is 0 Å². The fraction of sp³-hybridized carbons (Fsp3) is 0.750. The second-order valence-electron chi connectivity index (χ2n) is 5.51. The van der Waals surface area contributed by atoms with Gasteiger partial charge in [0.15, 0.2) is 5.69 Å². The van der Waals surface area contributed by atoms with Crippen molar-refractivity contribution in [3.8, 4) is 0 Å². The zero-order chi connectivity index (χ0) is 16.9. The Morgan fingerprint density at radius 2 is 1.86 bits per heavy atom. The lowest BCUT2D eigenvalue weighted by Crippen LogP contribution is -2.26. The summed E-state index contributed by atoms with van der Waals surface area (Å²) in [5.41, 5.74) is -4.63. The lowest BCUT2D eigenvalue weighted by Gasteiger charge is -2.19. The maximum absolute atomic E-state index is 14.1. The molecule has 22 heavy (non-hydrogen) atoms. The van der Waals surface area contributed by atoms with E-state index < -0.39 is 61.2 Å². The van der Waals surface area contributed by atoms with Crippen LogP contribution in [0.4, 0.5) is 30.7 Å². The van der Waals surface area contributed by atoms with Crippen molar-refractivity contribution < 1.29 is 35.8 Å². The van der Waals surface area contributed by atoms with Crippen LogP contribution in [0.3, 0.4) is 0 Å². The van der Waals surface area contributed by atoms with E-state index in [4.69, 9.17) is 0 Å². The van der Waals surface area contributed by atoms with Gasteiger partial charge in [-0.25, -0.2) is 4.39 Å². The SMILES string of the molecule is CC1(F)Cc2c(c(C(F)(F)F)nn2CCCC(F)(F)F)C1O. The van der Waals surface area contributed by atoms with E-state index in [0.29, 0.717) is 0 Å². The lowest BCUT2D eigenvalue weighted by molar-refractivity contribution is -0.144. The molecular formula is C12H13F7N2O. The Morgan fingerprint density at radius 1 is 1.27 bits per heavy atom. The molecule has 0 aliphatic heterocycles. The molecule has 0 spiro atoms. The molecule has 126 valence electrons. The van der Waals surface area contributed by atoms with Gasteiger partial charge in [-0.1, -0.05) is 0 Å². The predicted molar refractivity (Wildman–Crippen MR) is 60.7 cm³/mol. The molecule has 1 aliphatic carbocycles. The summed E-state index contributed by atoms with van der Waals surface area (Å²) in [6, 6.07) is 0. The van der Waals surface area contributed by atoms with Crippen LogP contribution in [0.25, 0.3) is 0 Å². The van der Waals surface area contributed by atoms with Gasteiger partial charge < -0.3 is 5.11 Å². The summed E-state index contributed by atoms with van der Waals surface area (Å²) in [5, 5.41) is 12.9. The van der Waals surface area contributed by atoms with Gasteiger partial charge in [-0.15, -0.1) is 0 Å². The average Bonchev–Trinajstić information content (AvgIpc) is 2.74. The van der Waals surface area contributed by atoms with Gasteiger partial charge in [0, 0.05) is 30.6 Å². The zero-order valence-corrected chi connectivity index (χ0v) is 11.4. The minimum absolute atomic E-state index is 0.202. The van der Waals surface area contributed by atoms with E-state index in [1.54, 1.807) is 0 Å². The highest BCUT2D eigenvalue weighted by Gasteiger charge is 2.51. The quantitative estimate of drug-likeness (QED) is 0.859. The number of hydrogen-bond acceptors (Lipinski definition) is 2. The Labute approximate surface area is 120 Å². The normalized spacial score (nSPS) is 25.6. The molecule has 0 radical (unpaired) electrons. The van der Waals surface area contributed by atoms with E-state index >= 15 is 0 Å². The number of aryl methyl sites for hydroxylation is 1. The van der Waals surface area contributed by atoms with Crippen molar-refractivity contribution in [3.63, 3.8) is 0 Å². The molecule has 1 aliphatic rings. The van der Waals surface area contributed by atoms with Crippen LogP contribution >= 0.6 is 0 Å². The van der Waals surface area contributed by atoms with E-state index in [1.165, 1.54) is 0 Å². The number of alkyl halides is 7. The molecule has 1 heterocycles. The molecule has 1 N–H and O–H groups in total. The third-order valence-electron chi connectivity index (χ3n) is 3.55. The highest BCUT2D eigenvalue weighted by molar-refractivity contribution is 5.38. The van der Waals surface area contributed by atoms with Crippen molar-refractivity contribution in [2.24, 2.45) is 0 Å². The van der Waals surface area contributed by atoms with Crippen LogP contribution in [0.15, 0.2) is 0 Å². The van der Waals surface area contributed by atoms with E-state index in [9.17, 15) is 35.8 Å². The Hall–Kier alpha value is -1.32. The van der Waals surface area contributed by atoms with Crippen LogP contribution in [0.2, 0.25) is 0 Å². The molecule has 0 saturated heterocycles. The van der Waals surface area contributed by atoms with Crippen molar-refractivity contribution >= 4 is 0 Å². The van der Waals surface area contributed by atoms with Crippen LogP contribution in [0.5, 0.6) is 0 Å². The van der Waals surface area contributed by atoms with Crippen LogP contribution in [0.1, 0.15) is 42.8 Å². The highest BCUT2D eigenvalue weighted by atomic mass is 19.4. The van der Waals surface area contributed by atoms with Crippen molar-refractivity contribution in [3.05, 3.63) is 17.0 Å². The maximum atomic E-state index is 14.1. The summed E-state index contributed by atoms with van der Waals surface area (Å²) in [6.07, 6.45) is -13.5. The number of aromatic nitrogens is 2. The maximum Gasteiger partial charge on any atom is 0.435 e. The van der Waals surface area contributed by atoms with Crippen molar-refractivity contribution in [2.45, 2.75) is 56.9 Å². The molecule has 0 aromatic carbocycles. The van der Waals surface area contributed by atoms with Gasteiger partial charge >= 0.3 is 12.4 Å². The smallest absolute Gasteiger partial charge is 0.385 e. The Balaban J connectivity index is 2.32. The van der Waals surface area contributed by atoms with Gasteiger partial charge in [0.25, 0.3) is 0 Å². The second kappa shape index (κ2) is 5.10. The number of halogens is 7. The van der Waals surface area contributed by atoms with Gasteiger partial charge in [-0.05, 0) is 13.3 Å². The fourth-order valence-corrected chi connectivity index (χ4v) is 2.53. The Kier molecular flexibility index (Phi) is 3.95. The number of nitrogens with zero attached hydrogens (tertiary/aromatic N) is 2. The molecule has 0 saturated carbocycles. The minimum Gasteiger partial charge on any atom is -0.385 e. The molecule has 0 amide bonds. The standard InChI is InChI=1S/C12H13F7N2O/c1-10(13)5-6-7(9(10)22)8(12(17,18)19)20-21(6)4-2-3-11(14,15)16/h9,22H,2-5H2,1H3. The molecule has 1 aromatic rings. The van der Waals surface area contributed by atoms with E-state index in [1.807, 2.05) is 0 Å². The summed E-state index contributed by atoms with van der Waals surface area (Å²) in [7, 11) is 0. The summed E-state index contributed by atoms with van der Waals surface area (Å²) in [5.74, 6) is 0. The summed E-state index contributed by atoms with van der Waals surface area (Å²) >= 11 is 0. The number of hydrogen-bond donors (Lipinski definition) is 1. The number of aliphatic hydroxyl groups is 1. The molecule has 2 atom stereocenters. The molecule has 2 unspecified atom stereocenters. The fourth-order valence-electron chi connectivity index (χ4n) is 2.53. The minimum atomic E-state index is -4.92. The van der Waals surface area contributed by atoms with Gasteiger partial charge in [0.1, 0.15) is 11.8 Å². The van der Waals surface area contributed by atoms with E-state index in [-0.39, 0.29) is 5.69 Å². The Bertz CT molecular complexity index is 559. The monoisotopic (exact) mass is 334 g/mol. The molecule has 0 bridgehead atoms. The third-order valence-corrected chi connectivity index (χ3v) is 3.55. The first-order valence-corrected chi connectivity index (χ1v) is 6.43. The number of aliphatic hydroxyl groups excluding tert-OH is 1. The summed E-state index contributed by atoms with van der Waals surface area (Å²) in [4.78, 5) is 0. The molecule has 1 aromatic heterocycles. The van der Waals surface area contributed by atoms with Crippen LogP contribution in [0, 0.1) is 0 Å². The molecule has 10 heteroatoms. The number of rotatable bonds is 3. The lowest BCUT2D eigenvalue weighted by atomic mass is 10.0. The Morgan fingerprint density at radius 3 is 2.36 bits per heavy atom. The average molecular weight is 334 g/mol. The zero-order valence-electron chi connectivity index (χ0n) is 11.4. The topological polar surface area (TPSA) is 38.0 Å². The molecule has 2 rings (SSSR count). The van der Waals surface area contributed by atoms with Gasteiger partial charge in [-0.2, -0.15) is 31.4 Å². The largest absolute Gasteiger partial charge is 0.435 e. The molecule has 0 fully saturated rings. The van der Waals surface area contributed by atoms with E-state index in [2.05, 4.69) is 5.10 Å². The second-order valence-corrected chi connectivity index (χ2v) is 5.51. The first-order chi connectivity index (χ1) is 9.83. The van der Waals surface area contributed by atoms with Gasteiger partial charge in [-0.3, -0.25) is 4.68 Å². The van der Waals surface area contributed by atoms with E-state index in [0.717, 1.165) is 11.6 Å². The molecule has 3 nitrogen and oxygen atoms in total. The summed E-state index contributed by atoms with van der Waals surface area (Å²) < 4.78 is 89.8.